The van der Waals surface area contributed by atoms with E-state index in [0.717, 1.165) is 5.56 Å². The molecule has 1 heterocycles. The van der Waals surface area contributed by atoms with E-state index in [0.29, 0.717) is 12.3 Å². The molecule has 1 unspecified atom stereocenters. The topological polar surface area (TPSA) is 76.8 Å². The summed E-state index contributed by atoms with van der Waals surface area (Å²) in [6.45, 7) is 4.29. The van der Waals surface area contributed by atoms with E-state index in [1.165, 1.54) is 12.1 Å². The van der Waals surface area contributed by atoms with Crippen LogP contribution in [-0.2, 0) is 15.6 Å². The Morgan fingerprint density at radius 1 is 1.07 bits per heavy atom. The van der Waals surface area contributed by atoms with Crippen molar-refractivity contribution in [2.75, 3.05) is 13.7 Å². The maximum atomic E-state index is 13.0. The van der Waals surface area contributed by atoms with Crippen molar-refractivity contribution in [3.63, 3.8) is 0 Å². The van der Waals surface area contributed by atoms with Crippen molar-refractivity contribution in [1.82, 2.24) is 4.90 Å². The van der Waals surface area contributed by atoms with Crippen molar-refractivity contribution < 1.29 is 22.4 Å². The highest BCUT2D eigenvalue weighted by Gasteiger charge is 2.25. The lowest BCUT2D eigenvalue weighted by Crippen LogP contribution is -2.33. The van der Waals surface area contributed by atoms with E-state index < -0.39 is 9.84 Å². The Labute approximate surface area is 177 Å². The molecule has 0 N–H and O–H groups in total. The molecule has 3 aromatic rings. The van der Waals surface area contributed by atoms with Crippen molar-refractivity contribution >= 4 is 15.7 Å². The second kappa shape index (κ2) is 9.17. The second-order valence-electron chi connectivity index (χ2n) is 6.88. The van der Waals surface area contributed by atoms with E-state index in [1.807, 2.05) is 38.1 Å². The highest BCUT2D eigenvalue weighted by atomic mass is 32.2. The van der Waals surface area contributed by atoms with E-state index in [1.54, 1.807) is 42.3 Å². The van der Waals surface area contributed by atoms with Gasteiger partial charge in [0.2, 0.25) is 0 Å². The van der Waals surface area contributed by atoms with Gasteiger partial charge in [0.05, 0.1) is 18.0 Å². The zero-order valence-electron chi connectivity index (χ0n) is 17.2. The molecular weight excluding hydrogens is 402 g/mol. The molecule has 1 aromatic heterocycles. The number of benzene rings is 2. The summed E-state index contributed by atoms with van der Waals surface area (Å²) in [5.41, 5.74) is 0.933. The number of ether oxygens (including phenoxy) is 1. The van der Waals surface area contributed by atoms with Crippen molar-refractivity contribution in [2.24, 2.45) is 0 Å². The first kappa shape index (κ1) is 21.6. The summed E-state index contributed by atoms with van der Waals surface area (Å²) < 4.78 is 36.0. The van der Waals surface area contributed by atoms with Crippen LogP contribution in [0.25, 0.3) is 0 Å². The van der Waals surface area contributed by atoms with Crippen LogP contribution in [0.15, 0.2) is 76.0 Å². The molecule has 30 heavy (non-hydrogen) atoms. The zero-order valence-corrected chi connectivity index (χ0v) is 18.1. The molecule has 158 valence electrons. The molecular formula is C23H25NO5S. The quantitative estimate of drug-likeness (QED) is 0.530. The molecule has 1 amide bonds. The lowest BCUT2D eigenvalue weighted by atomic mass is 10.1. The van der Waals surface area contributed by atoms with Crippen LogP contribution in [0.5, 0.6) is 5.75 Å². The second-order valence-corrected chi connectivity index (χ2v) is 8.87. The van der Waals surface area contributed by atoms with Gasteiger partial charge in [-0.3, -0.25) is 4.79 Å². The molecule has 0 aliphatic carbocycles. The summed E-state index contributed by atoms with van der Waals surface area (Å²) in [7, 11) is -1.95. The predicted octanol–water partition coefficient (Wildman–Crippen LogP) is 4.49. The molecule has 6 nitrogen and oxygen atoms in total. The fourth-order valence-corrected chi connectivity index (χ4v) is 4.55. The monoisotopic (exact) mass is 427 g/mol. The third-order valence-electron chi connectivity index (χ3n) is 4.95. The van der Waals surface area contributed by atoms with Gasteiger partial charge in [-0.25, -0.2) is 8.42 Å². The van der Waals surface area contributed by atoms with Gasteiger partial charge in [-0.05, 0) is 55.8 Å². The minimum absolute atomic E-state index is 0.116. The van der Waals surface area contributed by atoms with Crippen LogP contribution in [0, 0.1) is 0 Å². The number of carbonyl (C=O) groups excluding carboxylic acids is 1. The fraction of sp³-hybridized carbons (Fsp3) is 0.261. The maximum Gasteiger partial charge on any atom is 0.290 e. The number of hydrogen-bond donors (Lipinski definition) is 0. The third kappa shape index (κ3) is 4.74. The Balaban J connectivity index is 1.78. The number of hydrogen-bond acceptors (Lipinski definition) is 5. The van der Waals surface area contributed by atoms with Gasteiger partial charge in [0.15, 0.2) is 15.6 Å². The van der Waals surface area contributed by atoms with E-state index in [2.05, 4.69) is 0 Å². The normalized spacial score (nSPS) is 12.4. The molecule has 2 aromatic carbocycles. The van der Waals surface area contributed by atoms with Gasteiger partial charge in [0.25, 0.3) is 5.91 Å². The minimum Gasteiger partial charge on any atom is -0.497 e. The summed E-state index contributed by atoms with van der Waals surface area (Å²) >= 11 is 0. The molecule has 7 heteroatoms. The Kier molecular flexibility index (Phi) is 6.62. The van der Waals surface area contributed by atoms with Crippen LogP contribution >= 0.6 is 0 Å². The Bertz CT molecular complexity index is 1110. The van der Waals surface area contributed by atoms with Crippen LogP contribution < -0.4 is 4.74 Å². The standard InChI is InChI=1S/C23H25NO5S/c1-4-24(17(2)18-9-8-10-19(15-18)28-3)23(25)22-14-13-20(29-22)16-30(26,27)21-11-6-5-7-12-21/h5-15,17H,4,16H2,1-3H3. The van der Waals surface area contributed by atoms with Crippen LogP contribution in [0.1, 0.15) is 41.8 Å². The highest BCUT2D eigenvalue weighted by molar-refractivity contribution is 7.90. The van der Waals surface area contributed by atoms with Gasteiger partial charge in [0.1, 0.15) is 17.3 Å². The molecule has 0 spiro atoms. The van der Waals surface area contributed by atoms with Gasteiger partial charge in [-0.2, -0.15) is 0 Å². The van der Waals surface area contributed by atoms with E-state index in [9.17, 15) is 13.2 Å². The lowest BCUT2D eigenvalue weighted by Gasteiger charge is -2.27. The molecule has 0 radical (unpaired) electrons. The Morgan fingerprint density at radius 2 is 1.80 bits per heavy atom. The summed E-state index contributed by atoms with van der Waals surface area (Å²) in [5.74, 6) is 0.463. The number of furan rings is 1. The molecule has 0 saturated heterocycles. The molecule has 3 rings (SSSR count). The summed E-state index contributed by atoms with van der Waals surface area (Å²) in [5, 5.41) is 0. The molecule has 1 atom stereocenters. The molecule has 0 fully saturated rings. The molecule has 0 aliphatic rings. The summed E-state index contributed by atoms with van der Waals surface area (Å²) in [6, 6.07) is 18.6. The van der Waals surface area contributed by atoms with Crippen molar-refractivity contribution in [3.8, 4) is 5.75 Å². The van der Waals surface area contributed by atoms with Crippen LogP contribution in [0.4, 0.5) is 0 Å². The first-order chi connectivity index (χ1) is 14.4. The third-order valence-corrected chi connectivity index (χ3v) is 6.61. The number of nitrogens with zero attached hydrogens (tertiary/aromatic N) is 1. The Hall–Kier alpha value is -3.06. The van der Waals surface area contributed by atoms with Gasteiger partial charge in [0, 0.05) is 6.54 Å². The number of sulfone groups is 1. The van der Waals surface area contributed by atoms with Crippen molar-refractivity contribution in [3.05, 3.63) is 83.8 Å². The zero-order chi connectivity index (χ0) is 21.7. The smallest absolute Gasteiger partial charge is 0.290 e. The van der Waals surface area contributed by atoms with E-state index in [-0.39, 0.29) is 34.1 Å². The average Bonchev–Trinajstić information content (AvgIpc) is 3.22. The molecule has 0 aliphatic heterocycles. The van der Waals surface area contributed by atoms with Gasteiger partial charge in [-0.15, -0.1) is 0 Å². The van der Waals surface area contributed by atoms with Crippen molar-refractivity contribution in [2.45, 2.75) is 30.5 Å². The first-order valence-electron chi connectivity index (χ1n) is 9.67. The minimum atomic E-state index is -3.55. The van der Waals surface area contributed by atoms with Crippen LogP contribution in [0.3, 0.4) is 0 Å². The number of rotatable bonds is 8. The van der Waals surface area contributed by atoms with Gasteiger partial charge < -0.3 is 14.1 Å². The lowest BCUT2D eigenvalue weighted by molar-refractivity contribution is 0.0667. The molecule has 0 bridgehead atoms. The van der Waals surface area contributed by atoms with Crippen LogP contribution in [-0.4, -0.2) is 32.9 Å². The number of methoxy groups -OCH3 is 1. The summed E-state index contributed by atoms with van der Waals surface area (Å²) in [4.78, 5) is 14.9. The predicted molar refractivity (Wildman–Crippen MR) is 114 cm³/mol. The SMILES string of the molecule is CCN(C(=O)c1ccc(CS(=O)(=O)c2ccccc2)o1)C(C)c1cccc(OC)c1. The fourth-order valence-electron chi connectivity index (χ4n) is 3.29. The van der Waals surface area contributed by atoms with Gasteiger partial charge in [-0.1, -0.05) is 30.3 Å². The van der Waals surface area contributed by atoms with Crippen LogP contribution in [0.2, 0.25) is 0 Å². The van der Waals surface area contributed by atoms with E-state index in [4.69, 9.17) is 9.15 Å². The number of carbonyl (C=O) groups is 1. The average molecular weight is 428 g/mol. The van der Waals surface area contributed by atoms with Gasteiger partial charge >= 0.3 is 0 Å². The maximum absolute atomic E-state index is 13.0. The molecule has 0 saturated carbocycles. The van der Waals surface area contributed by atoms with E-state index >= 15 is 0 Å². The highest BCUT2D eigenvalue weighted by Crippen LogP contribution is 2.26. The first-order valence-corrected chi connectivity index (χ1v) is 11.3. The largest absolute Gasteiger partial charge is 0.497 e. The van der Waals surface area contributed by atoms with Crippen molar-refractivity contribution in [1.29, 1.82) is 0 Å². The number of amides is 1. The Morgan fingerprint density at radius 3 is 2.47 bits per heavy atom. The summed E-state index contributed by atoms with van der Waals surface area (Å²) in [6.07, 6.45) is 0.